The van der Waals surface area contributed by atoms with Gasteiger partial charge in [-0.3, -0.25) is 4.79 Å². The number of carbonyl (C=O) groups excluding carboxylic acids is 1. The van der Waals surface area contributed by atoms with Crippen molar-refractivity contribution in [1.29, 1.82) is 0 Å². The second-order valence-corrected chi connectivity index (χ2v) is 5.13. The summed E-state index contributed by atoms with van der Waals surface area (Å²) in [4.78, 5) is 23.2. The number of rotatable bonds is 2. The zero-order chi connectivity index (χ0) is 16.0. The van der Waals surface area contributed by atoms with E-state index >= 15 is 0 Å². The number of nitrogens with one attached hydrogen (secondary N) is 1. The van der Waals surface area contributed by atoms with E-state index in [0.29, 0.717) is 28.2 Å². The number of anilines is 1. The minimum Gasteiger partial charge on any atom is -0.478 e. The van der Waals surface area contributed by atoms with Gasteiger partial charge in [0, 0.05) is 29.7 Å². The highest BCUT2D eigenvalue weighted by Gasteiger charge is 2.25. The summed E-state index contributed by atoms with van der Waals surface area (Å²) in [5, 5.41) is 11.8. The summed E-state index contributed by atoms with van der Waals surface area (Å²) in [6.45, 7) is 1.69. The molecule has 1 aliphatic rings. The summed E-state index contributed by atoms with van der Waals surface area (Å²) in [5.41, 5.74) is 2.65. The first-order chi connectivity index (χ1) is 10.4. The molecule has 0 aliphatic carbocycles. The van der Waals surface area contributed by atoms with Crippen LogP contribution in [0.25, 0.3) is 11.6 Å². The van der Waals surface area contributed by atoms with Gasteiger partial charge in [0.15, 0.2) is 0 Å². The Balaban J connectivity index is 2.15. The van der Waals surface area contributed by atoms with Crippen molar-refractivity contribution in [2.75, 3.05) is 5.32 Å². The third kappa shape index (κ3) is 2.09. The number of carboxylic acids is 1. The van der Waals surface area contributed by atoms with Crippen molar-refractivity contribution in [3.63, 3.8) is 0 Å². The third-order valence-electron chi connectivity index (χ3n) is 3.86. The molecule has 2 aromatic rings. The molecule has 1 aromatic heterocycles. The van der Waals surface area contributed by atoms with Crippen molar-refractivity contribution >= 4 is 29.2 Å². The van der Waals surface area contributed by atoms with E-state index in [4.69, 9.17) is 5.11 Å². The molecule has 0 atom stereocenters. The second kappa shape index (κ2) is 4.84. The summed E-state index contributed by atoms with van der Waals surface area (Å²) < 4.78 is 15.1. The van der Waals surface area contributed by atoms with E-state index in [1.807, 2.05) is 0 Å². The molecule has 1 amide bonds. The van der Waals surface area contributed by atoms with Gasteiger partial charge in [-0.15, -0.1) is 0 Å². The lowest BCUT2D eigenvalue weighted by Crippen LogP contribution is -2.04. The minimum absolute atomic E-state index is 0.173. The third-order valence-corrected chi connectivity index (χ3v) is 3.86. The number of hydrogen-bond acceptors (Lipinski definition) is 2. The zero-order valence-corrected chi connectivity index (χ0v) is 12.0. The first kappa shape index (κ1) is 14.1. The Labute approximate surface area is 125 Å². The predicted molar refractivity (Wildman–Crippen MR) is 80.0 cm³/mol. The highest BCUT2D eigenvalue weighted by Crippen LogP contribution is 2.34. The smallest absolute Gasteiger partial charge is 0.337 e. The van der Waals surface area contributed by atoms with Crippen LogP contribution in [0.4, 0.5) is 10.1 Å². The molecule has 0 fully saturated rings. The minimum atomic E-state index is -1.03. The lowest BCUT2D eigenvalue weighted by molar-refractivity contribution is -0.110. The van der Waals surface area contributed by atoms with Crippen LogP contribution in [0.3, 0.4) is 0 Å². The maximum Gasteiger partial charge on any atom is 0.337 e. The molecule has 5 nitrogen and oxygen atoms in total. The Morgan fingerprint density at radius 2 is 2.09 bits per heavy atom. The Bertz CT molecular complexity index is 849. The molecule has 0 spiro atoms. The Hall–Kier alpha value is -2.89. The number of fused-ring (bicyclic) bond motifs is 1. The molecule has 22 heavy (non-hydrogen) atoms. The Morgan fingerprint density at radius 3 is 2.73 bits per heavy atom. The SMILES string of the molecule is Cc1c(C(=O)O)cc(/C=C2\C(=O)Nc3ccc(F)cc32)n1C. The fourth-order valence-corrected chi connectivity index (χ4v) is 2.53. The van der Waals surface area contributed by atoms with E-state index in [1.54, 1.807) is 24.6 Å². The summed E-state index contributed by atoms with van der Waals surface area (Å²) >= 11 is 0. The number of nitrogens with zero attached hydrogens (tertiary/aromatic N) is 1. The fraction of sp³-hybridized carbons (Fsp3) is 0.125. The first-order valence-corrected chi connectivity index (χ1v) is 6.61. The van der Waals surface area contributed by atoms with Crippen LogP contribution in [0.5, 0.6) is 0 Å². The average Bonchev–Trinajstić information content (AvgIpc) is 2.91. The standard InChI is InChI=1S/C16H13FN2O3/c1-8-11(16(21)22)6-10(19(8)2)7-13-12-5-9(17)3-4-14(12)18-15(13)20/h3-7H,1-2H3,(H,18,20)(H,21,22)/b13-7-. The molecular formula is C16H13FN2O3. The van der Waals surface area contributed by atoms with Crippen molar-refractivity contribution in [3.8, 4) is 0 Å². The topological polar surface area (TPSA) is 71.3 Å². The molecule has 0 unspecified atom stereocenters. The van der Waals surface area contributed by atoms with Gasteiger partial charge in [-0.05, 0) is 37.3 Å². The van der Waals surface area contributed by atoms with Gasteiger partial charge in [-0.25, -0.2) is 9.18 Å². The van der Waals surface area contributed by atoms with Crippen molar-refractivity contribution in [3.05, 3.63) is 52.6 Å². The summed E-state index contributed by atoms with van der Waals surface area (Å²) in [6.07, 6.45) is 1.57. The number of aromatic nitrogens is 1. The van der Waals surface area contributed by atoms with Gasteiger partial charge in [0.1, 0.15) is 5.82 Å². The molecule has 0 saturated carbocycles. The predicted octanol–water partition coefficient (Wildman–Crippen LogP) is 2.66. The number of carboxylic acid groups (broad SMARTS) is 1. The molecule has 2 heterocycles. The Kier molecular flexibility index (Phi) is 3.09. The van der Waals surface area contributed by atoms with Crippen molar-refractivity contribution < 1.29 is 19.1 Å². The second-order valence-electron chi connectivity index (χ2n) is 5.13. The molecule has 1 aliphatic heterocycles. The van der Waals surface area contributed by atoms with Gasteiger partial charge in [0.05, 0.1) is 11.1 Å². The van der Waals surface area contributed by atoms with Gasteiger partial charge in [-0.1, -0.05) is 0 Å². The summed E-state index contributed by atoms with van der Waals surface area (Å²) in [7, 11) is 1.72. The van der Waals surface area contributed by atoms with Crippen LogP contribution in [-0.4, -0.2) is 21.6 Å². The number of amides is 1. The van der Waals surface area contributed by atoms with Crippen LogP contribution in [0.2, 0.25) is 0 Å². The van der Waals surface area contributed by atoms with Gasteiger partial charge < -0.3 is 15.0 Å². The van der Waals surface area contributed by atoms with Gasteiger partial charge >= 0.3 is 5.97 Å². The summed E-state index contributed by atoms with van der Waals surface area (Å²) in [5.74, 6) is -1.80. The van der Waals surface area contributed by atoms with Crippen LogP contribution in [-0.2, 0) is 11.8 Å². The lowest BCUT2D eigenvalue weighted by atomic mass is 10.1. The molecular weight excluding hydrogens is 287 g/mol. The van der Waals surface area contributed by atoms with E-state index in [1.165, 1.54) is 24.3 Å². The van der Waals surface area contributed by atoms with Crippen LogP contribution in [0.15, 0.2) is 24.3 Å². The summed E-state index contributed by atoms with van der Waals surface area (Å²) in [6, 6.07) is 5.56. The number of halogens is 1. The molecule has 3 rings (SSSR count). The van der Waals surface area contributed by atoms with Crippen LogP contribution in [0, 0.1) is 12.7 Å². The number of hydrogen-bond donors (Lipinski definition) is 2. The average molecular weight is 300 g/mol. The van der Waals surface area contributed by atoms with Crippen molar-refractivity contribution in [2.45, 2.75) is 6.92 Å². The van der Waals surface area contributed by atoms with E-state index in [-0.39, 0.29) is 11.5 Å². The lowest BCUT2D eigenvalue weighted by Gasteiger charge is -2.02. The van der Waals surface area contributed by atoms with Crippen LogP contribution in [0.1, 0.15) is 27.3 Å². The largest absolute Gasteiger partial charge is 0.478 e. The number of benzene rings is 1. The van der Waals surface area contributed by atoms with E-state index in [2.05, 4.69) is 5.32 Å². The van der Waals surface area contributed by atoms with E-state index in [9.17, 15) is 14.0 Å². The molecule has 2 N–H and O–H groups in total. The Morgan fingerprint density at radius 1 is 1.36 bits per heavy atom. The fourth-order valence-electron chi connectivity index (χ4n) is 2.53. The normalized spacial score (nSPS) is 15.0. The molecule has 0 bridgehead atoms. The number of carbonyl (C=O) groups is 2. The van der Waals surface area contributed by atoms with E-state index in [0.717, 1.165) is 0 Å². The van der Waals surface area contributed by atoms with Crippen molar-refractivity contribution in [1.82, 2.24) is 4.57 Å². The monoisotopic (exact) mass is 300 g/mol. The molecule has 6 heteroatoms. The quantitative estimate of drug-likeness (QED) is 0.838. The van der Waals surface area contributed by atoms with Crippen LogP contribution >= 0.6 is 0 Å². The first-order valence-electron chi connectivity index (χ1n) is 6.61. The number of aromatic carboxylic acids is 1. The molecule has 0 radical (unpaired) electrons. The van der Waals surface area contributed by atoms with Gasteiger partial charge in [0.2, 0.25) is 0 Å². The highest BCUT2D eigenvalue weighted by atomic mass is 19.1. The van der Waals surface area contributed by atoms with Crippen molar-refractivity contribution in [2.24, 2.45) is 7.05 Å². The van der Waals surface area contributed by atoms with Crippen LogP contribution < -0.4 is 5.32 Å². The molecule has 1 aromatic carbocycles. The van der Waals surface area contributed by atoms with Gasteiger partial charge in [0.25, 0.3) is 5.91 Å². The maximum absolute atomic E-state index is 13.4. The molecule has 0 saturated heterocycles. The zero-order valence-electron chi connectivity index (χ0n) is 12.0. The maximum atomic E-state index is 13.4. The van der Waals surface area contributed by atoms with Gasteiger partial charge in [-0.2, -0.15) is 0 Å². The molecule has 112 valence electrons. The highest BCUT2D eigenvalue weighted by molar-refractivity contribution is 6.34. The van der Waals surface area contributed by atoms with E-state index < -0.39 is 11.8 Å².